The maximum absolute atomic E-state index is 12.3. The molecule has 0 aliphatic rings. The van der Waals surface area contributed by atoms with Crippen molar-refractivity contribution in [3.05, 3.63) is 71.4 Å². The van der Waals surface area contributed by atoms with E-state index >= 15 is 0 Å². The molecule has 31 heavy (non-hydrogen) atoms. The van der Waals surface area contributed by atoms with Gasteiger partial charge in [0.15, 0.2) is 0 Å². The highest BCUT2D eigenvalue weighted by molar-refractivity contribution is 7.19. The number of rotatable bonds is 7. The molecule has 2 aromatic heterocycles. The first-order valence-electron chi connectivity index (χ1n) is 9.76. The molecule has 0 fully saturated rings. The number of nitrogens with two attached hydrogens (primary N) is 1. The second-order valence-corrected chi connectivity index (χ2v) is 8.17. The van der Waals surface area contributed by atoms with Gasteiger partial charge in [0.05, 0.1) is 5.39 Å². The van der Waals surface area contributed by atoms with Crippen molar-refractivity contribution in [2.45, 2.75) is 13.3 Å². The van der Waals surface area contributed by atoms with Crippen molar-refractivity contribution >= 4 is 44.9 Å². The van der Waals surface area contributed by atoms with Crippen molar-refractivity contribution in [2.75, 3.05) is 17.2 Å². The number of amides is 2. The number of thiophene rings is 1. The number of hydrogen-bond donors (Lipinski definition) is 3. The Morgan fingerprint density at radius 2 is 1.77 bits per heavy atom. The van der Waals surface area contributed by atoms with Crippen LogP contribution in [0.25, 0.3) is 21.3 Å². The van der Waals surface area contributed by atoms with Gasteiger partial charge in [-0.25, -0.2) is 9.97 Å². The van der Waals surface area contributed by atoms with E-state index in [4.69, 9.17) is 5.73 Å². The molecule has 0 spiro atoms. The number of nitrogens with one attached hydrogen (secondary N) is 2. The van der Waals surface area contributed by atoms with Gasteiger partial charge < -0.3 is 16.4 Å². The molecular formula is C23H21N5O2S. The zero-order valence-corrected chi connectivity index (χ0v) is 17.7. The van der Waals surface area contributed by atoms with Crippen LogP contribution in [0.15, 0.2) is 60.9 Å². The normalized spacial score (nSPS) is 10.7. The largest absolute Gasteiger partial charge is 0.369 e. The third-order valence-electron chi connectivity index (χ3n) is 4.82. The number of nitrogens with zero attached hydrogens (tertiary/aromatic N) is 2. The van der Waals surface area contributed by atoms with Gasteiger partial charge in [-0.3, -0.25) is 9.59 Å². The summed E-state index contributed by atoms with van der Waals surface area (Å²) in [6, 6.07) is 16.6. The molecule has 0 saturated carbocycles. The first kappa shape index (κ1) is 20.5. The number of aryl methyl sites for hydroxylation is 1. The van der Waals surface area contributed by atoms with Gasteiger partial charge in [-0.15, -0.1) is 11.3 Å². The minimum atomic E-state index is -0.503. The lowest BCUT2D eigenvalue weighted by molar-refractivity contribution is -0.115. The topological polar surface area (TPSA) is 110 Å². The maximum Gasteiger partial charge on any atom is 0.248 e. The van der Waals surface area contributed by atoms with E-state index in [-0.39, 0.29) is 12.3 Å². The van der Waals surface area contributed by atoms with E-state index in [2.05, 4.69) is 39.7 Å². The van der Waals surface area contributed by atoms with Crippen LogP contribution in [0, 0.1) is 6.92 Å². The zero-order valence-electron chi connectivity index (χ0n) is 16.9. The van der Waals surface area contributed by atoms with E-state index in [1.165, 1.54) is 11.2 Å². The molecule has 8 heteroatoms. The van der Waals surface area contributed by atoms with Gasteiger partial charge in [-0.05, 0) is 36.8 Å². The molecule has 0 unspecified atom stereocenters. The Labute approximate surface area is 183 Å². The Kier molecular flexibility index (Phi) is 5.90. The van der Waals surface area contributed by atoms with Crippen LogP contribution in [-0.4, -0.2) is 28.3 Å². The summed E-state index contributed by atoms with van der Waals surface area (Å²) in [6.07, 6.45) is 1.79. The summed E-state index contributed by atoms with van der Waals surface area (Å²) in [7, 11) is 0. The average Bonchev–Trinajstić information content (AvgIpc) is 3.11. The van der Waals surface area contributed by atoms with Crippen LogP contribution in [-0.2, 0) is 4.79 Å². The molecule has 2 amide bonds. The molecule has 4 rings (SSSR count). The van der Waals surface area contributed by atoms with Gasteiger partial charge in [0, 0.05) is 34.7 Å². The number of hydrogen-bond acceptors (Lipinski definition) is 6. The predicted octanol–water partition coefficient (Wildman–Crippen LogP) is 4.21. The Bertz CT molecular complexity index is 1240. The first-order chi connectivity index (χ1) is 15.0. The Morgan fingerprint density at radius 1 is 1.03 bits per heavy atom. The van der Waals surface area contributed by atoms with Crippen LogP contribution in [0.4, 0.5) is 11.5 Å². The molecule has 0 saturated heterocycles. The third-order valence-corrected chi connectivity index (χ3v) is 5.84. The quantitative estimate of drug-likeness (QED) is 0.406. The summed E-state index contributed by atoms with van der Waals surface area (Å²) >= 11 is 1.63. The molecule has 4 aromatic rings. The number of primary amides is 1. The van der Waals surface area contributed by atoms with Crippen LogP contribution in [0.2, 0.25) is 0 Å². The Balaban J connectivity index is 1.46. The molecule has 0 radical (unpaired) electrons. The number of aromatic nitrogens is 2. The van der Waals surface area contributed by atoms with E-state index in [0.717, 1.165) is 21.3 Å². The zero-order chi connectivity index (χ0) is 21.8. The van der Waals surface area contributed by atoms with Crippen LogP contribution < -0.4 is 16.4 Å². The van der Waals surface area contributed by atoms with Gasteiger partial charge in [-0.2, -0.15) is 0 Å². The molecule has 156 valence electrons. The minimum Gasteiger partial charge on any atom is -0.369 e. The van der Waals surface area contributed by atoms with Crippen molar-refractivity contribution in [3.63, 3.8) is 0 Å². The van der Waals surface area contributed by atoms with E-state index in [1.54, 1.807) is 35.6 Å². The Morgan fingerprint density at radius 3 is 2.48 bits per heavy atom. The molecule has 0 aliphatic heterocycles. The van der Waals surface area contributed by atoms with Gasteiger partial charge in [0.1, 0.15) is 17.0 Å². The summed E-state index contributed by atoms with van der Waals surface area (Å²) in [6.45, 7) is 2.50. The minimum absolute atomic E-state index is 0.144. The molecule has 0 aliphatic carbocycles. The molecule has 2 aromatic carbocycles. The molecule has 2 heterocycles. The highest BCUT2D eigenvalue weighted by Gasteiger charge is 2.16. The van der Waals surface area contributed by atoms with Gasteiger partial charge in [0.2, 0.25) is 11.8 Å². The summed E-state index contributed by atoms with van der Waals surface area (Å²) < 4.78 is 0. The van der Waals surface area contributed by atoms with Crippen molar-refractivity contribution in [1.82, 2.24) is 9.97 Å². The standard InChI is InChI=1S/C23H21N5O2S/c1-14-19(15-5-3-2-4-6-15)20-22(26-13-27-23(20)31-14)25-12-11-18(29)28-17-9-7-16(8-10-17)21(24)30/h2-10,13H,11-12H2,1H3,(H2,24,30)(H,28,29)(H,25,26,27). The second-order valence-electron chi connectivity index (χ2n) is 6.97. The second kappa shape index (κ2) is 8.93. The maximum atomic E-state index is 12.3. The summed E-state index contributed by atoms with van der Waals surface area (Å²) in [5.74, 6) is 0.0676. The fraction of sp³-hybridized carbons (Fsp3) is 0.130. The van der Waals surface area contributed by atoms with Gasteiger partial charge in [-0.1, -0.05) is 30.3 Å². The van der Waals surface area contributed by atoms with Crippen LogP contribution in [0.3, 0.4) is 0 Å². The third kappa shape index (κ3) is 4.54. The number of anilines is 2. The van der Waals surface area contributed by atoms with Crippen molar-refractivity contribution < 1.29 is 9.59 Å². The molecule has 7 nitrogen and oxygen atoms in total. The number of carbonyl (C=O) groups excluding carboxylic acids is 2. The number of benzene rings is 2. The highest BCUT2D eigenvalue weighted by Crippen LogP contribution is 2.40. The number of fused-ring (bicyclic) bond motifs is 1. The summed E-state index contributed by atoms with van der Waals surface area (Å²) in [5, 5.41) is 7.07. The monoisotopic (exact) mass is 431 g/mol. The molecular weight excluding hydrogens is 410 g/mol. The van der Waals surface area contributed by atoms with Gasteiger partial charge >= 0.3 is 0 Å². The lowest BCUT2D eigenvalue weighted by atomic mass is 10.0. The van der Waals surface area contributed by atoms with Crippen molar-refractivity contribution in [2.24, 2.45) is 5.73 Å². The van der Waals surface area contributed by atoms with E-state index in [9.17, 15) is 9.59 Å². The average molecular weight is 432 g/mol. The van der Waals surface area contributed by atoms with E-state index in [0.29, 0.717) is 23.6 Å². The lowest BCUT2D eigenvalue weighted by Gasteiger charge is -2.10. The fourth-order valence-electron chi connectivity index (χ4n) is 3.37. The number of carbonyl (C=O) groups is 2. The smallest absolute Gasteiger partial charge is 0.248 e. The van der Waals surface area contributed by atoms with Gasteiger partial charge in [0.25, 0.3) is 0 Å². The van der Waals surface area contributed by atoms with Crippen LogP contribution in [0.1, 0.15) is 21.7 Å². The molecule has 0 bridgehead atoms. The fourth-order valence-corrected chi connectivity index (χ4v) is 4.38. The molecule has 4 N–H and O–H groups in total. The van der Waals surface area contributed by atoms with E-state index < -0.39 is 5.91 Å². The lowest BCUT2D eigenvalue weighted by Crippen LogP contribution is -2.17. The molecule has 0 atom stereocenters. The van der Waals surface area contributed by atoms with Crippen molar-refractivity contribution in [3.8, 4) is 11.1 Å². The summed E-state index contributed by atoms with van der Waals surface area (Å²) in [5.41, 5.74) is 8.46. The summed E-state index contributed by atoms with van der Waals surface area (Å²) in [4.78, 5) is 34.4. The van der Waals surface area contributed by atoms with Crippen molar-refractivity contribution in [1.29, 1.82) is 0 Å². The predicted molar refractivity (Wildman–Crippen MR) is 124 cm³/mol. The first-order valence-corrected chi connectivity index (χ1v) is 10.6. The Hall–Kier alpha value is -3.78. The SMILES string of the molecule is Cc1sc2ncnc(NCCC(=O)Nc3ccc(C(N)=O)cc3)c2c1-c1ccccc1. The van der Waals surface area contributed by atoms with Crippen LogP contribution >= 0.6 is 11.3 Å². The highest BCUT2D eigenvalue weighted by atomic mass is 32.1. The van der Waals surface area contributed by atoms with E-state index in [1.807, 2.05) is 18.2 Å². The van der Waals surface area contributed by atoms with Crippen LogP contribution in [0.5, 0.6) is 0 Å².